The molecule has 0 saturated heterocycles. The van der Waals surface area contributed by atoms with E-state index in [1.54, 1.807) is 12.3 Å². The van der Waals surface area contributed by atoms with Crippen molar-refractivity contribution in [3.8, 4) is 0 Å². The molecular formula is C11H8N2O6S. The quantitative estimate of drug-likeness (QED) is 0.660. The van der Waals surface area contributed by atoms with Crippen LogP contribution < -0.4 is 5.32 Å². The molecule has 9 heteroatoms. The molecule has 8 nitrogen and oxygen atoms in total. The van der Waals surface area contributed by atoms with E-state index in [2.05, 4.69) is 5.32 Å². The van der Waals surface area contributed by atoms with Gasteiger partial charge in [-0.15, -0.1) is 11.3 Å². The largest absolute Gasteiger partial charge is 0.477 e. The SMILES string of the molecule is Cc1csc(C(=O)O)c1NC(=O)c1ccc([N+](=O)[O-])o1. The molecule has 0 aromatic carbocycles. The van der Waals surface area contributed by atoms with Gasteiger partial charge in [-0.2, -0.15) is 0 Å². The number of amides is 1. The number of rotatable bonds is 4. The van der Waals surface area contributed by atoms with Gasteiger partial charge in [-0.05, 0) is 23.9 Å². The van der Waals surface area contributed by atoms with Gasteiger partial charge in [-0.25, -0.2) is 4.79 Å². The minimum absolute atomic E-state index is 0.0168. The molecule has 0 fully saturated rings. The number of hydrogen-bond donors (Lipinski definition) is 2. The number of carbonyl (C=O) groups excluding carboxylic acids is 1. The molecule has 0 saturated carbocycles. The molecule has 0 radical (unpaired) electrons. The van der Waals surface area contributed by atoms with Crippen molar-refractivity contribution in [2.45, 2.75) is 6.92 Å². The molecule has 2 aromatic heterocycles. The highest BCUT2D eigenvalue weighted by atomic mass is 32.1. The zero-order valence-corrected chi connectivity index (χ0v) is 10.9. The van der Waals surface area contributed by atoms with Gasteiger partial charge >= 0.3 is 11.9 Å². The molecule has 1 amide bonds. The number of nitro groups is 1. The third-order valence-corrected chi connectivity index (χ3v) is 3.49. The molecule has 0 unspecified atom stereocenters. The zero-order valence-electron chi connectivity index (χ0n) is 10.1. The van der Waals surface area contributed by atoms with Crippen molar-refractivity contribution in [3.05, 3.63) is 43.8 Å². The Morgan fingerprint density at radius 3 is 2.70 bits per heavy atom. The molecule has 20 heavy (non-hydrogen) atoms. The summed E-state index contributed by atoms with van der Waals surface area (Å²) in [5.74, 6) is -2.74. The zero-order chi connectivity index (χ0) is 14.9. The first kappa shape index (κ1) is 13.7. The summed E-state index contributed by atoms with van der Waals surface area (Å²) in [6, 6.07) is 2.20. The number of anilines is 1. The van der Waals surface area contributed by atoms with E-state index in [-0.39, 0.29) is 16.3 Å². The van der Waals surface area contributed by atoms with Crippen molar-refractivity contribution >= 4 is 34.8 Å². The Hall–Kier alpha value is -2.68. The maximum absolute atomic E-state index is 11.9. The van der Waals surface area contributed by atoms with Gasteiger partial charge in [-0.3, -0.25) is 14.9 Å². The van der Waals surface area contributed by atoms with Crippen molar-refractivity contribution < 1.29 is 24.0 Å². The highest BCUT2D eigenvalue weighted by Crippen LogP contribution is 2.28. The lowest BCUT2D eigenvalue weighted by molar-refractivity contribution is -0.402. The lowest BCUT2D eigenvalue weighted by Gasteiger charge is -2.03. The number of carboxylic acids is 1. The number of carbonyl (C=O) groups is 2. The molecule has 0 aliphatic rings. The topological polar surface area (TPSA) is 123 Å². The number of thiophene rings is 1. The first-order chi connectivity index (χ1) is 9.40. The summed E-state index contributed by atoms with van der Waals surface area (Å²) in [5, 5.41) is 23.4. The van der Waals surface area contributed by atoms with Gasteiger partial charge in [0.1, 0.15) is 9.80 Å². The average molecular weight is 296 g/mol. The second-order valence-corrected chi connectivity index (χ2v) is 4.66. The molecule has 104 valence electrons. The number of nitrogens with one attached hydrogen (secondary N) is 1. The van der Waals surface area contributed by atoms with Gasteiger partial charge in [-0.1, -0.05) is 0 Å². The van der Waals surface area contributed by atoms with Crippen LogP contribution in [0.1, 0.15) is 25.8 Å². The molecule has 2 rings (SSSR count). The molecule has 0 spiro atoms. The van der Waals surface area contributed by atoms with Crippen LogP contribution in [0.15, 0.2) is 21.9 Å². The molecule has 0 aliphatic carbocycles. The summed E-state index contributed by atoms with van der Waals surface area (Å²) in [6.07, 6.45) is 0. The van der Waals surface area contributed by atoms with E-state index >= 15 is 0 Å². The van der Waals surface area contributed by atoms with Crippen LogP contribution in [-0.2, 0) is 0 Å². The number of aryl methyl sites for hydroxylation is 1. The second-order valence-electron chi connectivity index (χ2n) is 3.78. The van der Waals surface area contributed by atoms with Gasteiger partial charge in [0.2, 0.25) is 0 Å². The number of aromatic carboxylic acids is 1. The third-order valence-electron chi connectivity index (χ3n) is 2.40. The summed E-state index contributed by atoms with van der Waals surface area (Å²) in [7, 11) is 0. The standard InChI is InChI=1S/C11H8N2O6S/c1-5-4-20-9(11(15)16)8(5)12-10(14)6-2-3-7(19-6)13(17)18/h2-4H,1H3,(H,12,14)(H,15,16). The van der Waals surface area contributed by atoms with Crippen LogP contribution in [0.4, 0.5) is 11.6 Å². The van der Waals surface area contributed by atoms with E-state index < -0.39 is 22.7 Å². The fourth-order valence-corrected chi connectivity index (χ4v) is 2.32. The smallest absolute Gasteiger partial charge is 0.433 e. The fraction of sp³-hybridized carbons (Fsp3) is 0.0909. The fourth-order valence-electron chi connectivity index (χ4n) is 1.48. The number of nitrogens with zero attached hydrogens (tertiary/aromatic N) is 1. The normalized spacial score (nSPS) is 10.2. The highest BCUT2D eigenvalue weighted by molar-refractivity contribution is 7.12. The van der Waals surface area contributed by atoms with Crippen LogP contribution >= 0.6 is 11.3 Å². The maximum Gasteiger partial charge on any atom is 0.433 e. The van der Waals surface area contributed by atoms with Gasteiger partial charge in [0.25, 0.3) is 5.91 Å². The Morgan fingerprint density at radius 2 is 2.15 bits per heavy atom. The Kier molecular flexibility index (Phi) is 3.53. The lowest BCUT2D eigenvalue weighted by atomic mass is 10.2. The number of hydrogen-bond acceptors (Lipinski definition) is 6. The summed E-state index contributed by atoms with van der Waals surface area (Å²) in [6.45, 7) is 1.64. The van der Waals surface area contributed by atoms with Crippen LogP contribution in [-0.4, -0.2) is 21.9 Å². The molecule has 2 heterocycles. The minimum atomic E-state index is -1.16. The van der Waals surface area contributed by atoms with Crippen LogP contribution in [0.25, 0.3) is 0 Å². The van der Waals surface area contributed by atoms with Crippen LogP contribution in [0.3, 0.4) is 0 Å². The Bertz CT molecular complexity index is 702. The summed E-state index contributed by atoms with van der Waals surface area (Å²) in [5.41, 5.74) is 0.744. The summed E-state index contributed by atoms with van der Waals surface area (Å²) < 4.78 is 4.74. The molecule has 0 bridgehead atoms. The lowest BCUT2D eigenvalue weighted by Crippen LogP contribution is -2.13. The van der Waals surface area contributed by atoms with E-state index in [0.717, 1.165) is 23.5 Å². The van der Waals surface area contributed by atoms with Gasteiger partial charge < -0.3 is 14.8 Å². The number of carboxylic acid groups (broad SMARTS) is 1. The van der Waals surface area contributed by atoms with E-state index in [4.69, 9.17) is 9.52 Å². The van der Waals surface area contributed by atoms with Crippen LogP contribution in [0.2, 0.25) is 0 Å². The highest BCUT2D eigenvalue weighted by Gasteiger charge is 2.21. The second kappa shape index (κ2) is 5.13. The molecular weight excluding hydrogens is 288 g/mol. The van der Waals surface area contributed by atoms with Crippen molar-refractivity contribution in [2.75, 3.05) is 5.32 Å². The molecule has 2 aromatic rings. The van der Waals surface area contributed by atoms with Crippen molar-refractivity contribution in [1.29, 1.82) is 0 Å². The number of furan rings is 1. The minimum Gasteiger partial charge on any atom is -0.477 e. The monoisotopic (exact) mass is 296 g/mol. The van der Waals surface area contributed by atoms with Gasteiger partial charge in [0, 0.05) is 0 Å². The average Bonchev–Trinajstić information content (AvgIpc) is 2.97. The van der Waals surface area contributed by atoms with Crippen molar-refractivity contribution in [1.82, 2.24) is 0 Å². The van der Waals surface area contributed by atoms with Crippen molar-refractivity contribution in [2.24, 2.45) is 0 Å². The van der Waals surface area contributed by atoms with Crippen LogP contribution in [0, 0.1) is 17.0 Å². The maximum atomic E-state index is 11.9. The van der Waals surface area contributed by atoms with Gasteiger partial charge in [0.15, 0.2) is 5.76 Å². The van der Waals surface area contributed by atoms with E-state index in [1.165, 1.54) is 0 Å². The Labute approximate surface area is 115 Å². The predicted octanol–water partition coefficient (Wildman–Crippen LogP) is 2.51. The molecule has 0 aliphatic heterocycles. The van der Waals surface area contributed by atoms with E-state index in [1.807, 2.05) is 0 Å². The molecule has 2 N–H and O–H groups in total. The van der Waals surface area contributed by atoms with Gasteiger partial charge in [0.05, 0.1) is 11.8 Å². The third kappa shape index (κ3) is 2.52. The Balaban J connectivity index is 2.25. The van der Waals surface area contributed by atoms with Crippen molar-refractivity contribution in [3.63, 3.8) is 0 Å². The summed E-state index contributed by atoms with van der Waals surface area (Å²) >= 11 is 0.978. The predicted molar refractivity (Wildman–Crippen MR) is 69.3 cm³/mol. The van der Waals surface area contributed by atoms with E-state index in [9.17, 15) is 19.7 Å². The first-order valence-electron chi connectivity index (χ1n) is 5.27. The summed E-state index contributed by atoms with van der Waals surface area (Å²) in [4.78, 5) is 32.5. The molecule has 0 atom stereocenters. The first-order valence-corrected chi connectivity index (χ1v) is 6.15. The Morgan fingerprint density at radius 1 is 1.45 bits per heavy atom. The van der Waals surface area contributed by atoms with E-state index in [0.29, 0.717) is 5.56 Å². The van der Waals surface area contributed by atoms with Crippen LogP contribution in [0.5, 0.6) is 0 Å².